The van der Waals surface area contributed by atoms with Gasteiger partial charge in [0.1, 0.15) is 0 Å². The molecule has 8 heteroatoms. The summed E-state index contributed by atoms with van der Waals surface area (Å²) >= 11 is 1.81. The largest absolute Gasteiger partial charge is 0.423 e. The molecule has 0 aromatic rings. The van der Waals surface area contributed by atoms with E-state index in [0.29, 0.717) is 18.8 Å². The van der Waals surface area contributed by atoms with Crippen molar-refractivity contribution in [1.82, 2.24) is 0 Å². The van der Waals surface area contributed by atoms with Crippen LogP contribution in [0.5, 0.6) is 0 Å². The minimum Gasteiger partial charge on any atom is -0.353 e. The first kappa shape index (κ1) is 18.3. The van der Waals surface area contributed by atoms with E-state index in [1.807, 2.05) is 29.5 Å². The van der Waals surface area contributed by atoms with Gasteiger partial charge in [-0.25, -0.2) is 0 Å². The van der Waals surface area contributed by atoms with Gasteiger partial charge in [0.25, 0.3) is 0 Å². The van der Waals surface area contributed by atoms with Gasteiger partial charge in [-0.2, -0.15) is 26.3 Å². The molecular formula is C12H17F6IO. The fraction of sp³-hybridized carbons (Fsp3) is 1.00. The summed E-state index contributed by atoms with van der Waals surface area (Å²) in [5.74, 6) is 0.366. The maximum Gasteiger partial charge on any atom is 0.423 e. The second kappa shape index (κ2) is 6.58. The van der Waals surface area contributed by atoms with Crippen molar-refractivity contribution < 1.29 is 31.1 Å². The molecule has 0 atom stereocenters. The zero-order valence-electron chi connectivity index (χ0n) is 11.0. The molecule has 1 fully saturated rings. The summed E-state index contributed by atoms with van der Waals surface area (Å²) in [5, 5.41) is 0. The third kappa shape index (κ3) is 4.64. The van der Waals surface area contributed by atoms with Crippen LogP contribution in [0.2, 0.25) is 0 Å². The van der Waals surface area contributed by atoms with Crippen LogP contribution in [0.15, 0.2) is 0 Å². The highest BCUT2D eigenvalue weighted by Gasteiger charge is 2.60. The molecule has 1 saturated carbocycles. The topological polar surface area (TPSA) is 9.23 Å². The predicted octanol–water partition coefficient (Wildman–Crippen LogP) is 5.27. The fourth-order valence-electron chi connectivity index (χ4n) is 2.46. The van der Waals surface area contributed by atoms with Crippen LogP contribution in [0.25, 0.3) is 0 Å². The van der Waals surface area contributed by atoms with Gasteiger partial charge >= 0.3 is 12.4 Å². The normalized spacial score (nSPS) is 28.9. The molecule has 0 saturated heterocycles. The Morgan fingerprint density at radius 2 is 1.55 bits per heavy atom. The van der Waals surface area contributed by atoms with E-state index < -0.39 is 24.1 Å². The highest BCUT2D eigenvalue weighted by molar-refractivity contribution is 14.1. The lowest BCUT2D eigenvalue weighted by molar-refractivity contribution is -0.345. The maximum atomic E-state index is 12.6. The van der Waals surface area contributed by atoms with Crippen molar-refractivity contribution in [3.63, 3.8) is 0 Å². The minimum absolute atomic E-state index is 0.129. The Morgan fingerprint density at radius 3 is 1.85 bits per heavy atom. The number of halogens is 7. The smallest absolute Gasteiger partial charge is 0.353 e. The van der Waals surface area contributed by atoms with Gasteiger partial charge in [0.15, 0.2) is 0 Å². The predicted molar refractivity (Wildman–Crippen MR) is 70.9 cm³/mol. The minimum atomic E-state index is -5.43. The van der Waals surface area contributed by atoms with Crippen LogP contribution in [-0.2, 0) is 4.74 Å². The van der Waals surface area contributed by atoms with Gasteiger partial charge in [0.05, 0.1) is 5.60 Å². The standard InChI is InChI=1S/C12H17F6IO/c1-2-8-3-5-10(7-19,6-4-8)20-9(11(13,14)15)12(16,17)18/h8-9H,2-7H2,1H3. The van der Waals surface area contributed by atoms with Crippen LogP contribution in [0.1, 0.15) is 39.0 Å². The molecule has 0 bridgehead atoms. The molecule has 1 aliphatic rings. The number of hydrogen-bond acceptors (Lipinski definition) is 1. The Morgan fingerprint density at radius 1 is 1.10 bits per heavy atom. The van der Waals surface area contributed by atoms with Gasteiger partial charge in [-0.1, -0.05) is 35.9 Å². The first-order valence-electron chi connectivity index (χ1n) is 6.41. The molecule has 0 aromatic heterocycles. The summed E-state index contributed by atoms with van der Waals surface area (Å²) in [6, 6.07) is 0. The third-order valence-electron chi connectivity index (χ3n) is 3.80. The van der Waals surface area contributed by atoms with Gasteiger partial charge in [-0.05, 0) is 31.6 Å². The van der Waals surface area contributed by atoms with Gasteiger partial charge in [-0.3, -0.25) is 0 Å². The summed E-state index contributed by atoms with van der Waals surface area (Å²) in [6.07, 6.45) is -11.9. The van der Waals surface area contributed by atoms with E-state index in [1.54, 1.807) is 0 Å². The molecule has 1 nitrogen and oxygen atoms in total. The first-order chi connectivity index (χ1) is 9.04. The monoisotopic (exact) mass is 418 g/mol. The molecule has 0 aromatic carbocycles. The molecule has 0 heterocycles. The second-order valence-electron chi connectivity index (χ2n) is 5.25. The first-order valence-corrected chi connectivity index (χ1v) is 7.94. The highest BCUT2D eigenvalue weighted by atomic mass is 127. The fourth-order valence-corrected chi connectivity index (χ4v) is 3.41. The maximum absolute atomic E-state index is 12.6. The van der Waals surface area contributed by atoms with Crippen molar-refractivity contribution in [2.24, 2.45) is 5.92 Å². The number of rotatable bonds is 4. The van der Waals surface area contributed by atoms with Crippen molar-refractivity contribution in [2.45, 2.75) is 63.1 Å². The molecule has 0 unspecified atom stereocenters. The van der Waals surface area contributed by atoms with Crippen molar-refractivity contribution in [3.05, 3.63) is 0 Å². The second-order valence-corrected chi connectivity index (χ2v) is 6.01. The number of alkyl halides is 7. The molecule has 0 amide bonds. The van der Waals surface area contributed by atoms with Crippen LogP contribution in [0.4, 0.5) is 26.3 Å². The van der Waals surface area contributed by atoms with Crippen molar-refractivity contribution in [3.8, 4) is 0 Å². The van der Waals surface area contributed by atoms with Gasteiger partial charge in [0, 0.05) is 4.43 Å². The zero-order valence-corrected chi connectivity index (χ0v) is 13.1. The van der Waals surface area contributed by atoms with Crippen molar-refractivity contribution >= 4 is 22.6 Å². The van der Waals surface area contributed by atoms with E-state index in [9.17, 15) is 26.3 Å². The van der Waals surface area contributed by atoms with Crippen molar-refractivity contribution in [2.75, 3.05) is 4.43 Å². The van der Waals surface area contributed by atoms with Gasteiger partial charge < -0.3 is 4.74 Å². The summed E-state index contributed by atoms with van der Waals surface area (Å²) in [6.45, 7) is 1.97. The summed E-state index contributed by atoms with van der Waals surface area (Å²) in [4.78, 5) is 0. The van der Waals surface area contributed by atoms with E-state index >= 15 is 0 Å². The van der Waals surface area contributed by atoms with E-state index in [-0.39, 0.29) is 17.3 Å². The van der Waals surface area contributed by atoms with E-state index in [1.165, 1.54) is 0 Å². The average Bonchev–Trinajstić information content (AvgIpc) is 2.34. The van der Waals surface area contributed by atoms with Crippen LogP contribution < -0.4 is 0 Å². The average molecular weight is 418 g/mol. The molecule has 0 aliphatic heterocycles. The summed E-state index contributed by atoms with van der Waals surface area (Å²) < 4.78 is 80.2. The van der Waals surface area contributed by atoms with Crippen LogP contribution >= 0.6 is 22.6 Å². The third-order valence-corrected chi connectivity index (χ3v) is 5.19. The van der Waals surface area contributed by atoms with Gasteiger partial charge in [0.2, 0.25) is 6.10 Å². The van der Waals surface area contributed by atoms with Crippen LogP contribution in [0.3, 0.4) is 0 Å². The molecule has 20 heavy (non-hydrogen) atoms. The molecule has 0 radical (unpaired) electrons. The Kier molecular flexibility index (Phi) is 6.03. The lowest BCUT2D eigenvalue weighted by Crippen LogP contribution is -2.52. The van der Waals surface area contributed by atoms with Crippen molar-refractivity contribution in [1.29, 1.82) is 0 Å². The lowest BCUT2D eigenvalue weighted by Gasteiger charge is -2.41. The number of ether oxygens (including phenoxy) is 1. The van der Waals surface area contributed by atoms with Crippen LogP contribution in [-0.4, -0.2) is 28.5 Å². The Labute approximate surface area is 127 Å². The summed E-state index contributed by atoms with van der Waals surface area (Å²) in [5.41, 5.74) is -1.32. The molecular weight excluding hydrogens is 401 g/mol. The SMILES string of the molecule is CCC1CCC(CI)(OC(C(F)(F)F)C(F)(F)F)CC1. The lowest BCUT2D eigenvalue weighted by atomic mass is 9.78. The Balaban J connectivity index is 2.85. The Hall–Kier alpha value is 0.270. The number of hydrogen-bond donors (Lipinski definition) is 0. The molecule has 1 rings (SSSR count). The van der Waals surface area contributed by atoms with E-state index in [0.717, 1.165) is 6.42 Å². The van der Waals surface area contributed by atoms with E-state index in [2.05, 4.69) is 4.74 Å². The van der Waals surface area contributed by atoms with Crippen LogP contribution in [0, 0.1) is 5.92 Å². The molecule has 0 spiro atoms. The Bertz CT molecular complexity index is 292. The quantitative estimate of drug-likeness (QED) is 0.344. The molecule has 1 aliphatic carbocycles. The van der Waals surface area contributed by atoms with E-state index in [4.69, 9.17) is 0 Å². The molecule has 0 N–H and O–H groups in total. The summed E-state index contributed by atoms with van der Waals surface area (Å²) in [7, 11) is 0. The highest BCUT2D eigenvalue weighted by Crippen LogP contribution is 2.44. The van der Waals surface area contributed by atoms with Gasteiger partial charge in [-0.15, -0.1) is 0 Å². The molecule has 120 valence electrons. The zero-order chi connectivity index (χ0) is 15.6.